The smallest absolute Gasteiger partial charge is 0.297 e. The van der Waals surface area contributed by atoms with Gasteiger partial charge >= 0.3 is 0 Å². The monoisotopic (exact) mass is 659 g/mol. The number of methoxy groups -OCH3 is 1. The second-order valence-corrected chi connectivity index (χ2v) is 14.5. The van der Waals surface area contributed by atoms with Crippen LogP contribution in [0.5, 0.6) is 5.75 Å². The molecule has 1 aliphatic carbocycles. The standard InChI is InChI=1S/C31H41N5O7S2/c1-43-28-11-13-29(14-12-28)44(39,40)36(21-25-9-5-6-10-25)23-27(37)22-35(18-16-24-7-3-2-4-8-24)31(38)20-26-15-17-33-30(19-26)34-45(32,41)42/h2-4,7-8,11-15,17,19,25,27,37H,5-6,9-10,16,18,20-23H2,1H3,(H,33,34)(H2,32,41,42)/t27-/m0/s1. The Bertz CT molecular complexity index is 1620. The minimum absolute atomic E-state index is 0.0232. The summed E-state index contributed by atoms with van der Waals surface area (Å²) in [6.07, 6.45) is 4.52. The van der Waals surface area contributed by atoms with Crippen LogP contribution >= 0.6 is 0 Å². The molecule has 2 aromatic carbocycles. The number of nitrogens with one attached hydrogen (secondary N) is 1. The molecule has 1 atom stereocenters. The average Bonchev–Trinajstić information content (AvgIpc) is 3.52. The summed E-state index contributed by atoms with van der Waals surface area (Å²) in [5.74, 6) is 0.376. The zero-order valence-electron chi connectivity index (χ0n) is 25.3. The maximum Gasteiger partial charge on any atom is 0.297 e. The van der Waals surface area contributed by atoms with Crippen LogP contribution < -0.4 is 14.6 Å². The number of sulfonamides is 1. The van der Waals surface area contributed by atoms with Crippen molar-refractivity contribution in [2.24, 2.45) is 11.1 Å². The molecular formula is C31H41N5O7S2. The fraction of sp³-hybridized carbons (Fsp3) is 0.419. The number of amides is 1. The summed E-state index contributed by atoms with van der Waals surface area (Å²) in [6, 6.07) is 18.7. The second kappa shape index (κ2) is 15.6. The molecule has 1 saturated carbocycles. The summed E-state index contributed by atoms with van der Waals surface area (Å²) in [5.41, 5.74) is 1.49. The van der Waals surface area contributed by atoms with Crippen LogP contribution in [0.3, 0.4) is 0 Å². The molecule has 0 spiro atoms. The predicted octanol–water partition coefficient (Wildman–Crippen LogP) is 2.56. The van der Waals surface area contributed by atoms with E-state index in [1.54, 1.807) is 18.2 Å². The summed E-state index contributed by atoms with van der Waals surface area (Å²) in [6.45, 7) is 0.275. The van der Waals surface area contributed by atoms with Gasteiger partial charge in [-0.25, -0.2) is 18.5 Å². The third kappa shape index (κ3) is 10.5. The van der Waals surface area contributed by atoms with Crippen molar-refractivity contribution in [1.82, 2.24) is 14.2 Å². The van der Waals surface area contributed by atoms with Crippen LogP contribution in [0.2, 0.25) is 0 Å². The number of hydrogen-bond donors (Lipinski definition) is 3. The molecule has 0 saturated heterocycles. The Kier molecular flexibility index (Phi) is 11.9. The van der Waals surface area contributed by atoms with Crippen LogP contribution in [0.15, 0.2) is 77.8 Å². The highest BCUT2D eigenvalue weighted by atomic mass is 32.2. The van der Waals surface area contributed by atoms with Gasteiger partial charge in [0.25, 0.3) is 10.2 Å². The summed E-state index contributed by atoms with van der Waals surface area (Å²) >= 11 is 0. The number of pyridine rings is 1. The first kappa shape index (κ1) is 34.3. The van der Waals surface area contributed by atoms with Crippen LogP contribution in [-0.2, 0) is 37.9 Å². The van der Waals surface area contributed by atoms with Crippen molar-refractivity contribution >= 4 is 32.0 Å². The Morgan fingerprint density at radius 2 is 1.71 bits per heavy atom. The molecule has 0 unspecified atom stereocenters. The van der Waals surface area contributed by atoms with Gasteiger partial charge in [0.1, 0.15) is 11.6 Å². The van der Waals surface area contributed by atoms with E-state index in [0.717, 1.165) is 31.2 Å². The molecule has 12 nitrogen and oxygen atoms in total. The van der Waals surface area contributed by atoms with Crippen molar-refractivity contribution in [2.75, 3.05) is 38.0 Å². The van der Waals surface area contributed by atoms with Crippen molar-refractivity contribution < 1.29 is 31.5 Å². The molecule has 4 rings (SSSR count). The van der Waals surface area contributed by atoms with Gasteiger partial charge < -0.3 is 14.7 Å². The number of nitrogens with two attached hydrogens (primary N) is 1. The van der Waals surface area contributed by atoms with Crippen LogP contribution in [-0.4, -0.2) is 81.4 Å². The molecule has 0 bridgehead atoms. The van der Waals surface area contributed by atoms with Crippen LogP contribution in [0.4, 0.5) is 5.82 Å². The van der Waals surface area contributed by atoms with Gasteiger partial charge in [-0.15, -0.1) is 0 Å². The number of rotatable bonds is 16. The summed E-state index contributed by atoms with van der Waals surface area (Å²) in [7, 11) is -6.49. The molecule has 0 aliphatic heterocycles. The number of aromatic nitrogens is 1. The minimum atomic E-state index is -4.05. The van der Waals surface area contributed by atoms with Crippen molar-refractivity contribution in [3.8, 4) is 5.75 Å². The highest BCUT2D eigenvalue weighted by Crippen LogP contribution is 2.28. The lowest BCUT2D eigenvalue weighted by Gasteiger charge is -2.30. The molecule has 1 amide bonds. The van der Waals surface area contributed by atoms with E-state index in [1.165, 1.54) is 40.7 Å². The molecule has 1 fully saturated rings. The third-order valence-electron chi connectivity index (χ3n) is 7.77. The normalized spacial score (nSPS) is 14.8. The number of benzene rings is 2. The SMILES string of the molecule is COc1ccc(S(=O)(=O)N(CC2CCCC2)C[C@@H](O)CN(CCc2ccccc2)C(=O)Cc2ccnc(NS(N)(=O)=O)c2)cc1. The van der Waals surface area contributed by atoms with E-state index in [-0.39, 0.29) is 55.1 Å². The Morgan fingerprint density at radius 3 is 2.36 bits per heavy atom. The number of carbonyl (C=O) groups excluding carboxylic acids is 1. The molecule has 1 aromatic heterocycles. The molecule has 1 heterocycles. The molecule has 14 heteroatoms. The van der Waals surface area contributed by atoms with Gasteiger partial charge in [0.15, 0.2) is 0 Å². The summed E-state index contributed by atoms with van der Waals surface area (Å²) < 4.78 is 59.1. The number of anilines is 1. The van der Waals surface area contributed by atoms with Crippen LogP contribution in [0, 0.1) is 5.92 Å². The van der Waals surface area contributed by atoms with Crippen molar-refractivity contribution in [1.29, 1.82) is 0 Å². The number of aliphatic hydroxyl groups is 1. The first-order valence-corrected chi connectivity index (χ1v) is 17.8. The maximum atomic E-state index is 13.8. The lowest BCUT2D eigenvalue weighted by molar-refractivity contribution is -0.132. The predicted molar refractivity (Wildman–Crippen MR) is 171 cm³/mol. The number of hydrogen-bond acceptors (Lipinski definition) is 8. The highest BCUT2D eigenvalue weighted by molar-refractivity contribution is 7.90. The van der Waals surface area contributed by atoms with E-state index in [9.17, 15) is 26.7 Å². The lowest BCUT2D eigenvalue weighted by atomic mass is 10.1. The van der Waals surface area contributed by atoms with Crippen molar-refractivity contribution in [3.63, 3.8) is 0 Å². The quantitative estimate of drug-likeness (QED) is 0.211. The van der Waals surface area contributed by atoms with Crippen LogP contribution in [0.1, 0.15) is 36.8 Å². The first-order valence-electron chi connectivity index (χ1n) is 14.8. The molecule has 244 valence electrons. The van der Waals surface area contributed by atoms with E-state index < -0.39 is 26.3 Å². The minimum Gasteiger partial charge on any atom is -0.497 e. The van der Waals surface area contributed by atoms with E-state index in [4.69, 9.17) is 9.88 Å². The summed E-state index contributed by atoms with van der Waals surface area (Å²) in [4.78, 5) is 19.1. The molecule has 4 N–H and O–H groups in total. The topological polar surface area (TPSA) is 172 Å². The Labute approximate surface area is 265 Å². The fourth-order valence-electron chi connectivity index (χ4n) is 5.49. The van der Waals surface area contributed by atoms with Gasteiger partial charge in [-0.05, 0) is 72.7 Å². The third-order valence-corrected chi connectivity index (χ3v) is 10.1. The average molecular weight is 660 g/mol. The number of aliphatic hydroxyl groups excluding tert-OH is 1. The maximum absolute atomic E-state index is 13.8. The van der Waals surface area contributed by atoms with E-state index >= 15 is 0 Å². The van der Waals surface area contributed by atoms with Crippen LogP contribution in [0.25, 0.3) is 0 Å². The summed E-state index contributed by atoms with van der Waals surface area (Å²) in [5, 5.41) is 16.4. The Balaban J connectivity index is 1.53. The van der Waals surface area contributed by atoms with Gasteiger partial charge in [-0.1, -0.05) is 43.2 Å². The van der Waals surface area contributed by atoms with Crippen molar-refractivity contribution in [2.45, 2.75) is 49.5 Å². The number of nitrogens with zero attached hydrogens (tertiary/aromatic N) is 3. The zero-order valence-corrected chi connectivity index (χ0v) is 26.9. The van der Waals surface area contributed by atoms with Crippen molar-refractivity contribution in [3.05, 3.63) is 84.1 Å². The Hall–Kier alpha value is -3.56. The van der Waals surface area contributed by atoms with E-state index in [2.05, 4.69) is 9.71 Å². The van der Waals surface area contributed by atoms with E-state index in [1.807, 2.05) is 30.3 Å². The van der Waals surface area contributed by atoms with Gasteiger partial charge in [0, 0.05) is 32.4 Å². The first-order chi connectivity index (χ1) is 21.4. The molecule has 3 aromatic rings. The number of carbonyl (C=O) groups is 1. The molecular weight excluding hydrogens is 619 g/mol. The van der Waals surface area contributed by atoms with Gasteiger partial charge in [-0.2, -0.15) is 12.7 Å². The van der Waals surface area contributed by atoms with E-state index in [0.29, 0.717) is 17.7 Å². The van der Waals surface area contributed by atoms with Gasteiger partial charge in [-0.3, -0.25) is 9.52 Å². The van der Waals surface area contributed by atoms with Gasteiger partial charge in [0.05, 0.1) is 24.5 Å². The molecule has 45 heavy (non-hydrogen) atoms. The highest BCUT2D eigenvalue weighted by Gasteiger charge is 2.31. The lowest BCUT2D eigenvalue weighted by Crippen LogP contribution is -2.46. The fourth-order valence-corrected chi connectivity index (χ4v) is 7.45. The largest absolute Gasteiger partial charge is 0.497 e. The molecule has 0 radical (unpaired) electrons. The zero-order chi connectivity index (χ0) is 32.5. The van der Waals surface area contributed by atoms with Gasteiger partial charge in [0.2, 0.25) is 15.9 Å². The Morgan fingerprint density at radius 1 is 1.02 bits per heavy atom. The second-order valence-electron chi connectivity index (χ2n) is 11.3. The number of ether oxygens (including phenoxy) is 1. The molecule has 1 aliphatic rings.